The van der Waals surface area contributed by atoms with Crippen molar-refractivity contribution in [1.29, 1.82) is 0 Å². The fourth-order valence-corrected chi connectivity index (χ4v) is 2.86. The fourth-order valence-electron chi connectivity index (χ4n) is 1.61. The van der Waals surface area contributed by atoms with E-state index < -0.39 is 10.0 Å². The predicted molar refractivity (Wildman–Crippen MR) is 75.5 cm³/mol. The molecule has 108 valence electrons. The molecule has 1 unspecified atom stereocenters. The van der Waals surface area contributed by atoms with Gasteiger partial charge in [-0.05, 0) is 38.9 Å². The second-order valence-electron chi connectivity index (χ2n) is 4.62. The third kappa shape index (κ3) is 5.69. The zero-order chi connectivity index (χ0) is 14.3. The Morgan fingerprint density at radius 1 is 1.26 bits per heavy atom. The van der Waals surface area contributed by atoms with E-state index in [1.807, 2.05) is 6.92 Å². The lowest BCUT2D eigenvalue weighted by Gasteiger charge is -2.15. The molecule has 0 saturated carbocycles. The number of benzene rings is 1. The van der Waals surface area contributed by atoms with Gasteiger partial charge in [-0.1, -0.05) is 17.7 Å². The van der Waals surface area contributed by atoms with Crippen molar-refractivity contribution in [3.05, 3.63) is 29.8 Å². The normalized spacial score (nSPS) is 13.4. The van der Waals surface area contributed by atoms with Crippen LogP contribution in [0.1, 0.15) is 18.9 Å². The molecule has 0 radical (unpaired) electrons. The second kappa shape index (κ2) is 7.59. The van der Waals surface area contributed by atoms with E-state index in [-0.39, 0.29) is 17.5 Å². The first-order chi connectivity index (χ1) is 8.95. The zero-order valence-corrected chi connectivity index (χ0v) is 12.2. The average molecular weight is 286 g/mol. The molecule has 1 aromatic carbocycles. The lowest BCUT2D eigenvalue weighted by atomic mass is 10.2. The summed E-state index contributed by atoms with van der Waals surface area (Å²) in [7, 11) is -3.46. The molecule has 1 atom stereocenters. The molecule has 19 heavy (non-hydrogen) atoms. The molecule has 1 rings (SSSR count). The summed E-state index contributed by atoms with van der Waals surface area (Å²) in [6.07, 6.45) is 0.664. The summed E-state index contributed by atoms with van der Waals surface area (Å²) in [6.45, 7) is 5.06. The molecule has 0 bridgehead atoms. The molecular weight excluding hydrogens is 264 g/mol. The van der Waals surface area contributed by atoms with Gasteiger partial charge < -0.3 is 10.4 Å². The molecule has 0 aliphatic rings. The summed E-state index contributed by atoms with van der Waals surface area (Å²) >= 11 is 0. The smallest absolute Gasteiger partial charge is 0.240 e. The number of aryl methyl sites for hydroxylation is 1. The van der Waals surface area contributed by atoms with E-state index in [0.29, 0.717) is 19.5 Å². The SMILES string of the molecule is Cc1ccc(S(=O)(=O)NC(C)CNCCCO)cc1. The van der Waals surface area contributed by atoms with Gasteiger partial charge in [0.2, 0.25) is 10.0 Å². The number of hydrogen-bond donors (Lipinski definition) is 3. The van der Waals surface area contributed by atoms with Crippen LogP contribution in [-0.4, -0.2) is 39.3 Å². The maximum Gasteiger partial charge on any atom is 0.240 e. The third-order valence-electron chi connectivity index (χ3n) is 2.65. The monoisotopic (exact) mass is 286 g/mol. The Hall–Kier alpha value is -0.950. The van der Waals surface area contributed by atoms with Gasteiger partial charge in [0.1, 0.15) is 0 Å². The van der Waals surface area contributed by atoms with E-state index in [4.69, 9.17) is 5.11 Å². The highest BCUT2D eigenvalue weighted by molar-refractivity contribution is 7.89. The number of aliphatic hydroxyl groups excluding tert-OH is 1. The Balaban J connectivity index is 2.52. The highest BCUT2D eigenvalue weighted by atomic mass is 32.2. The van der Waals surface area contributed by atoms with Crippen LogP contribution < -0.4 is 10.0 Å². The van der Waals surface area contributed by atoms with Crippen LogP contribution in [0.3, 0.4) is 0 Å². The van der Waals surface area contributed by atoms with Gasteiger partial charge in [0.15, 0.2) is 0 Å². The molecule has 1 aromatic rings. The Labute approximate surface area is 115 Å². The number of hydrogen-bond acceptors (Lipinski definition) is 4. The van der Waals surface area contributed by atoms with Gasteiger partial charge >= 0.3 is 0 Å². The maximum absolute atomic E-state index is 12.1. The van der Waals surface area contributed by atoms with E-state index in [0.717, 1.165) is 5.56 Å². The van der Waals surface area contributed by atoms with Crippen molar-refractivity contribution in [2.24, 2.45) is 0 Å². The fraction of sp³-hybridized carbons (Fsp3) is 0.538. The van der Waals surface area contributed by atoms with E-state index >= 15 is 0 Å². The summed E-state index contributed by atoms with van der Waals surface area (Å²) in [5, 5.41) is 11.7. The van der Waals surface area contributed by atoms with Crippen molar-refractivity contribution >= 4 is 10.0 Å². The van der Waals surface area contributed by atoms with Crippen LogP contribution in [0.15, 0.2) is 29.2 Å². The van der Waals surface area contributed by atoms with Crippen LogP contribution >= 0.6 is 0 Å². The minimum atomic E-state index is -3.46. The molecule has 0 aliphatic carbocycles. The van der Waals surface area contributed by atoms with Gasteiger partial charge in [0, 0.05) is 19.2 Å². The summed E-state index contributed by atoms with van der Waals surface area (Å²) in [5.74, 6) is 0. The Morgan fingerprint density at radius 3 is 2.47 bits per heavy atom. The van der Waals surface area contributed by atoms with Crippen LogP contribution in [0, 0.1) is 6.92 Å². The molecule has 0 spiro atoms. The Morgan fingerprint density at radius 2 is 1.89 bits per heavy atom. The molecule has 0 aliphatic heterocycles. The van der Waals surface area contributed by atoms with Crippen molar-refractivity contribution in [2.75, 3.05) is 19.7 Å². The number of sulfonamides is 1. The number of aliphatic hydroxyl groups is 1. The van der Waals surface area contributed by atoms with Gasteiger partial charge in [-0.15, -0.1) is 0 Å². The van der Waals surface area contributed by atoms with E-state index in [1.54, 1.807) is 31.2 Å². The first kappa shape index (κ1) is 16.1. The number of nitrogens with one attached hydrogen (secondary N) is 2. The molecule has 0 heterocycles. The summed E-state index contributed by atoms with van der Waals surface area (Å²) in [4.78, 5) is 0.278. The van der Waals surface area contributed by atoms with Crippen molar-refractivity contribution in [3.8, 4) is 0 Å². The van der Waals surface area contributed by atoms with Crippen molar-refractivity contribution in [3.63, 3.8) is 0 Å². The summed E-state index contributed by atoms with van der Waals surface area (Å²) in [6, 6.07) is 6.55. The van der Waals surface area contributed by atoms with E-state index in [1.165, 1.54) is 0 Å². The van der Waals surface area contributed by atoms with Crippen molar-refractivity contribution in [1.82, 2.24) is 10.0 Å². The standard InChI is InChI=1S/C13H22N2O3S/c1-11-4-6-13(7-5-11)19(17,18)15-12(2)10-14-8-3-9-16/h4-7,12,14-16H,3,8-10H2,1-2H3. The van der Waals surface area contributed by atoms with E-state index in [2.05, 4.69) is 10.0 Å². The van der Waals surface area contributed by atoms with Crippen LogP contribution in [0.25, 0.3) is 0 Å². The van der Waals surface area contributed by atoms with Crippen LogP contribution in [0.2, 0.25) is 0 Å². The van der Waals surface area contributed by atoms with Gasteiger partial charge in [0.25, 0.3) is 0 Å². The second-order valence-corrected chi connectivity index (χ2v) is 6.33. The largest absolute Gasteiger partial charge is 0.396 e. The molecule has 3 N–H and O–H groups in total. The Bertz CT molecular complexity index is 471. The molecular formula is C13H22N2O3S. The first-order valence-corrected chi connectivity index (χ1v) is 7.84. The molecule has 0 fully saturated rings. The van der Waals surface area contributed by atoms with Crippen LogP contribution in [-0.2, 0) is 10.0 Å². The zero-order valence-electron chi connectivity index (χ0n) is 11.4. The first-order valence-electron chi connectivity index (χ1n) is 6.36. The molecule has 5 nitrogen and oxygen atoms in total. The molecule has 0 amide bonds. The predicted octanol–water partition coefficient (Wildman–Crippen LogP) is 0.634. The highest BCUT2D eigenvalue weighted by Crippen LogP contribution is 2.10. The number of rotatable bonds is 8. The van der Waals surface area contributed by atoms with E-state index in [9.17, 15) is 8.42 Å². The quantitative estimate of drug-likeness (QED) is 0.613. The summed E-state index contributed by atoms with van der Waals surface area (Å²) in [5.41, 5.74) is 1.03. The minimum absolute atomic E-state index is 0.135. The maximum atomic E-state index is 12.1. The summed E-state index contributed by atoms with van der Waals surface area (Å²) < 4.78 is 26.7. The van der Waals surface area contributed by atoms with Crippen LogP contribution in [0.5, 0.6) is 0 Å². The molecule has 6 heteroatoms. The molecule has 0 saturated heterocycles. The van der Waals surface area contributed by atoms with Crippen molar-refractivity contribution in [2.45, 2.75) is 31.2 Å². The van der Waals surface area contributed by atoms with Crippen molar-refractivity contribution < 1.29 is 13.5 Å². The lowest BCUT2D eigenvalue weighted by Crippen LogP contribution is -2.40. The van der Waals surface area contributed by atoms with Gasteiger partial charge in [-0.2, -0.15) is 0 Å². The molecule has 0 aromatic heterocycles. The van der Waals surface area contributed by atoms with Gasteiger partial charge in [0.05, 0.1) is 4.90 Å². The average Bonchev–Trinajstić information content (AvgIpc) is 2.34. The van der Waals surface area contributed by atoms with Gasteiger partial charge in [-0.3, -0.25) is 0 Å². The highest BCUT2D eigenvalue weighted by Gasteiger charge is 2.16. The van der Waals surface area contributed by atoms with Gasteiger partial charge in [-0.25, -0.2) is 13.1 Å². The topological polar surface area (TPSA) is 78.4 Å². The lowest BCUT2D eigenvalue weighted by molar-refractivity contribution is 0.285. The third-order valence-corrected chi connectivity index (χ3v) is 4.26. The Kier molecular flexibility index (Phi) is 6.44. The minimum Gasteiger partial charge on any atom is -0.396 e. The van der Waals surface area contributed by atoms with Crippen LogP contribution in [0.4, 0.5) is 0 Å².